The maximum absolute atomic E-state index is 11.9. The van der Waals surface area contributed by atoms with Crippen molar-refractivity contribution in [1.82, 2.24) is 5.01 Å². The van der Waals surface area contributed by atoms with Gasteiger partial charge in [-0.15, -0.1) is 0 Å². The zero-order valence-corrected chi connectivity index (χ0v) is 9.77. The number of hydrogen-bond acceptors (Lipinski definition) is 5. The molecule has 0 aliphatic heterocycles. The van der Waals surface area contributed by atoms with E-state index in [9.17, 15) is 9.59 Å². The molecule has 0 spiro atoms. The Hall–Kier alpha value is -2.08. The summed E-state index contributed by atoms with van der Waals surface area (Å²) in [5, 5.41) is 3.31. The van der Waals surface area contributed by atoms with E-state index in [-0.39, 0.29) is 6.61 Å². The van der Waals surface area contributed by atoms with Crippen LogP contribution in [0.5, 0.6) is 0 Å². The number of imide groups is 1. The molecule has 0 fully saturated rings. The molecule has 6 heteroatoms. The van der Waals surface area contributed by atoms with Crippen molar-refractivity contribution in [3.8, 4) is 0 Å². The van der Waals surface area contributed by atoms with E-state index in [2.05, 4.69) is 10.1 Å². The molecular weight excluding hydrogens is 222 g/mol. The van der Waals surface area contributed by atoms with Gasteiger partial charge in [-0.2, -0.15) is 5.01 Å². The fraction of sp³-hybridized carbons (Fsp3) is 0.273. The molecule has 6 nitrogen and oxygen atoms in total. The van der Waals surface area contributed by atoms with E-state index in [1.165, 1.54) is 0 Å². The van der Waals surface area contributed by atoms with Gasteiger partial charge in [0.1, 0.15) is 0 Å². The quantitative estimate of drug-likeness (QED) is 0.469. The van der Waals surface area contributed by atoms with Crippen LogP contribution in [0.4, 0.5) is 10.5 Å². The van der Waals surface area contributed by atoms with Gasteiger partial charge in [-0.25, -0.2) is 10.6 Å². The Balaban J connectivity index is 2.92. The number of para-hydroxylation sites is 1. The lowest BCUT2D eigenvalue weighted by molar-refractivity contribution is 0.0673. The smallest absolute Gasteiger partial charge is 0.431 e. The molecule has 0 atom stereocenters. The molecule has 0 aliphatic carbocycles. The molecule has 0 heterocycles. The number of rotatable bonds is 3. The van der Waals surface area contributed by atoms with Crippen molar-refractivity contribution in [3.05, 3.63) is 29.8 Å². The number of nitrogens with two attached hydrogens (primary N) is 1. The molecule has 0 unspecified atom stereocenters. The van der Waals surface area contributed by atoms with Crippen LogP contribution in [0.1, 0.15) is 17.3 Å². The van der Waals surface area contributed by atoms with Gasteiger partial charge in [0, 0.05) is 12.7 Å². The van der Waals surface area contributed by atoms with E-state index in [1.54, 1.807) is 38.2 Å². The summed E-state index contributed by atoms with van der Waals surface area (Å²) < 4.78 is 4.64. The number of hydrogen-bond donors (Lipinski definition) is 2. The van der Waals surface area contributed by atoms with Gasteiger partial charge in [0.2, 0.25) is 0 Å². The second-order valence-electron chi connectivity index (χ2n) is 3.17. The summed E-state index contributed by atoms with van der Waals surface area (Å²) in [6.45, 7) is 1.80. The minimum Gasteiger partial charge on any atom is -0.448 e. The minimum absolute atomic E-state index is 0.160. The lowest BCUT2D eigenvalue weighted by Crippen LogP contribution is -2.43. The third-order valence-electron chi connectivity index (χ3n) is 2.11. The van der Waals surface area contributed by atoms with Crippen LogP contribution in [0, 0.1) is 0 Å². The molecule has 0 bridgehead atoms. The summed E-state index contributed by atoms with van der Waals surface area (Å²) in [4.78, 5) is 23.2. The van der Waals surface area contributed by atoms with Crippen LogP contribution in [0.3, 0.4) is 0 Å². The predicted octanol–water partition coefficient (Wildman–Crippen LogP) is 1.20. The van der Waals surface area contributed by atoms with Crippen LogP contribution in [0.25, 0.3) is 0 Å². The number of benzene rings is 1. The topological polar surface area (TPSA) is 84.7 Å². The molecule has 1 aromatic carbocycles. The minimum atomic E-state index is -0.872. The molecule has 0 aromatic heterocycles. The van der Waals surface area contributed by atoms with Gasteiger partial charge < -0.3 is 10.1 Å². The molecule has 17 heavy (non-hydrogen) atoms. The Morgan fingerprint density at radius 1 is 1.41 bits per heavy atom. The fourth-order valence-electron chi connectivity index (χ4n) is 1.29. The number of hydrazine groups is 1. The Morgan fingerprint density at radius 3 is 2.65 bits per heavy atom. The molecule has 3 N–H and O–H groups in total. The molecule has 1 aromatic rings. The van der Waals surface area contributed by atoms with E-state index < -0.39 is 12.0 Å². The number of carbonyl (C=O) groups excluding carboxylic acids is 2. The van der Waals surface area contributed by atoms with E-state index >= 15 is 0 Å². The summed E-state index contributed by atoms with van der Waals surface area (Å²) >= 11 is 0. The first-order chi connectivity index (χ1) is 8.11. The highest BCUT2D eigenvalue weighted by Crippen LogP contribution is 2.15. The van der Waals surface area contributed by atoms with Gasteiger partial charge in [-0.05, 0) is 19.1 Å². The normalized spacial score (nSPS) is 9.59. The largest absolute Gasteiger partial charge is 0.448 e. The third kappa shape index (κ3) is 2.94. The Bertz CT molecular complexity index is 420. The molecule has 0 aliphatic rings. The number of nitrogens with zero attached hydrogens (tertiary/aromatic N) is 1. The molecule has 92 valence electrons. The lowest BCUT2D eigenvalue weighted by atomic mass is 10.1. The summed E-state index contributed by atoms with van der Waals surface area (Å²) in [5.41, 5.74) is 0.905. The highest BCUT2D eigenvalue weighted by molar-refractivity contribution is 6.05. The van der Waals surface area contributed by atoms with Crippen molar-refractivity contribution in [1.29, 1.82) is 0 Å². The van der Waals surface area contributed by atoms with Crippen molar-refractivity contribution in [3.63, 3.8) is 0 Å². The first-order valence-corrected chi connectivity index (χ1v) is 5.14. The first kappa shape index (κ1) is 13.0. The van der Waals surface area contributed by atoms with Crippen LogP contribution in [-0.4, -0.2) is 30.7 Å². The first-order valence-electron chi connectivity index (χ1n) is 5.14. The predicted molar refractivity (Wildman–Crippen MR) is 63.4 cm³/mol. The zero-order chi connectivity index (χ0) is 12.8. The fourth-order valence-corrected chi connectivity index (χ4v) is 1.29. The molecule has 0 radical (unpaired) electrons. The second-order valence-corrected chi connectivity index (χ2v) is 3.17. The van der Waals surface area contributed by atoms with E-state index in [0.717, 1.165) is 0 Å². The third-order valence-corrected chi connectivity index (χ3v) is 2.11. The van der Waals surface area contributed by atoms with Crippen molar-refractivity contribution in [2.45, 2.75) is 6.92 Å². The van der Waals surface area contributed by atoms with Gasteiger partial charge >= 0.3 is 6.09 Å². The Labute approximate surface area is 99.3 Å². The van der Waals surface area contributed by atoms with E-state index in [1.807, 2.05) is 0 Å². The highest BCUT2D eigenvalue weighted by Gasteiger charge is 2.22. The second kappa shape index (κ2) is 5.86. The number of carbonyl (C=O) groups is 2. The Morgan fingerprint density at radius 2 is 2.06 bits per heavy atom. The van der Waals surface area contributed by atoms with Gasteiger partial charge in [-0.3, -0.25) is 4.79 Å². The summed E-state index contributed by atoms with van der Waals surface area (Å²) in [6, 6.07) is 6.75. The maximum Gasteiger partial charge on any atom is 0.431 e. The highest BCUT2D eigenvalue weighted by atomic mass is 16.6. The number of anilines is 1. The van der Waals surface area contributed by atoms with Crippen LogP contribution in [-0.2, 0) is 4.74 Å². The maximum atomic E-state index is 11.9. The molecule has 0 saturated heterocycles. The van der Waals surface area contributed by atoms with Crippen molar-refractivity contribution < 1.29 is 14.3 Å². The molecular formula is C11H15N3O3. The molecule has 0 saturated carbocycles. The lowest BCUT2D eigenvalue weighted by Gasteiger charge is -2.15. The monoisotopic (exact) mass is 237 g/mol. The van der Waals surface area contributed by atoms with Crippen LogP contribution in [0.15, 0.2) is 24.3 Å². The Kier molecular flexibility index (Phi) is 4.47. The summed E-state index contributed by atoms with van der Waals surface area (Å²) in [6.07, 6.45) is -0.872. The van der Waals surface area contributed by atoms with Crippen molar-refractivity contribution in [2.24, 2.45) is 5.84 Å². The molecule has 2 amide bonds. The number of amides is 2. The summed E-state index contributed by atoms with van der Waals surface area (Å²) in [7, 11) is 1.68. The molecule has 1 rings (SSSR count). The van der Waals surface area contributed by atoms with E-state index in [0.29, 0.717) is 16.3 Å². The van der Waals surface area contributed by atoms with Gasteiger partial charge in [0.05, 0.1) is 12.2 Å². The number of ether oxygens (including phenoxy) is 1. The van der Waals surface area contributed by atoms with Gasteiger partial charge in [-0.1, -0.05) is 12.1 Å². The van der Waals surface area contributed by atoms with Crippen molar-refractivity contribution >= 4 is 17.7 Å². The van der Waals surface area contributed by atoms with Crippen LogP contribution < -0.4 is 11.2 Å². The standard InChI is InChI=1S/C11H15N3O3/c1-3-17-11(16)14(12)10(15)8-6-4-5-7-9(8)13-2/h4-7,13H,3,12H2,1-2H3. The van der Waals surface area contributed by atoms with Crippen molar-refractivity contribution in [2.75, 3.05) is 19.0 Å². The van der Waals surface area contributed by atoms with E-state index in [4.69, 9.17) is 5.84 Å². The van der Waals surface area contributed by atoms with Gasteiger partial charge in [0.15, 0.2) is 0 Å². The van der Waals surface area contributed by atoms with Gasteiger partial charge in [0.25, 0.3) is 5.91 Å². The van der Waals surface area contributed by atoms with Crippen LogP contribution in [0.2, 0.25) is 0 Å². The average molecular weight is 237 g/mol. The van der Waals surface area contributed by atoms with Crippen LogP contribution >= 0.6 is 0 Å². The SMILES string of the molecule is CCOC(=O)N(N)C(=O)c1ccccc1NC. The average Bonchev–Trinajstić information content (AvgIpc) is 2.37. The zero-order valence-electron chi connectivity index (χ0n) is 9.77. The number of nitrogens with one attached hydrogen (secondary N) is 1. The summed E-state index contributed by atoms with van der Waals surface area (Å²) in [5.74, 6) is 4.77.